The van der Waals surface area contributed by atoms with Crippen LogP contribution in [0.25, 0.3) is 0 Å². The lowest BCUT2D eigenvalue weighted by molar-refractivity contribution is 0.466. The van der Waals surface area contributed by atoms with Gasteiger partial charge in [-0.3, -0.25) is 0 Å². The van der Waals surface area contributed by atoms with Gasteiger partial charge in [0, 0.05) is 26.1 Å². The molecule has 0 aliphatic carbocycles. The van der Waals surface area contributed by atoms with Gasteiger partial charge in [0.2, 0.25) is 0 Å². The number of nitrogens with zero attached hydrogens (tertiary/aromatic N) is 1. The summed E-state index contributed by atoms with van der Waals surface area (Å²) in [4.78, 5) is 0.328. The summed E-state index contributed by atoms with van der Waals surface area (Å²) in [7, 11) is -3.29. The summed E-state index contributed by atoms with van der Waals surface area (Å²) >= 11 is 4.65. The molecule has 0 atom stereocenters. The summed E-state index contributed by atoms with van der Waals surface area (Å²) in [6.45, 7) is 1.51. The molecule has 1 heterocycles. The fourth-order valence-corrected chi connectivity index (χ4v) is 2.71. The minimum atomic E-state index is -3.29. The molecular formula is C7H15N3O2S2. The topological polar surface area (TPSA) is 75.4 Å². The molecule has 0 amide bonds. The van der Waals surface area contributed by atoms with Gasteiger partial charge in [-0.05, 0) is 12.8 Å². The first-order valence-corrected chi connectivity index (χ1v) is 6.40. The van der Waals surface area contributed by atoms with Gasteiger partial charge in [-0.25, -0.2) is 4.72 Å². The van der Waals surface area contributed by atoms with Crippen LogP contribution in [-0.4, -0.2) is 37.3 Å². The van der Waals surface area contributed by atoms with E-state index in [1.807, 2.05) is 0 Å². The zero-order valence-corrected chi connectivity index (χ0v) is 9.53. The van der Waals surface area contributed by atoms with Crippen molar-refractivity contribution in [3.8, 4) is 0 Å². The Morgan fingerprint density at radius 3 is 2.50 bits per heavy atom. The first kappa shape index (κ1) is 11.8. The van der Waals surface area contributed by atoms with E-state index in [0.717, 1.165) is 12.8 Å². The molecule has 1 fully saturated rings. The third kappa shape index (κ3) is 3.49. The van der Waals surface area contributed by atoms with Gasteiger partial charge in [0.15, 0.2) is 0 Å². The highest BCUT2D eigenvalue weighted by atomic mass is 32.2. The lowest BCUT2D eigenvalue weighted by Gasteiger charge is -2.15. The Morgan fingerprint density at radius 2 is 2.00 bits per heavy atom. The maximum Gasteiger partial charge on any atom is 0.279 e. The van der Waals surface area contributed by atoms with Gasteiger partial charge in [0.05, 0.1) is 4.99 Å². The first-order valence-electron chi connectivity index (χ1n) is 4.55. The van der Waals surface area contributed by atoms with E-state index in [1.54, 1.807) is 0 Å². The number of hydrogen-bond donors (Lipinski definition) is 2. The maximum atomic E-state index is 11.5. The van der Waals surface area contributed by atoms with Gasteiger partial charge in [-0.15, -0.1) is 0 Å². The Morgan fingerprint density at radius 1 is 1.43 bits per heavy atom. The summed E-state index contributed by atoms with van der Waals surface area (Å²) in [5.41, 5.74) is 5.26. The molecule has 0 bridgehead atoms. The second kappa shape index (κ2) is 5.01. The van der Waals surface area contributed by atoms with Crippen LogP contribution < -0.4 is 10.5 Å². The van der Waals surface area contributed by atoms with Gasteiger partial charge < -0.3 is 5.73 Å². The van der Waals surface area contributed by atoms with E-state index in [9.17, 15) is 8.42 Å². The van der Waals surface area contributed by atoms with Gasteiger partial charge in [0.25, 0.3) is 10.2 Å². The van der Waals surface area contributed by atoms with Crippen LogP contribution in [0.1, 0.15) is 19.3 Å². The predicted molar refractivity (Wildman–Crippen MR) is 59.1 cm³/mol. The molecule has 1 aliphatic heterocycles. The molecule has 1 aliphatic rings. The third-order valence-corrected chi connectivity index (χ3v) is 3.88. The van der Waals surface area contributed by atoms with Crippen molar-refractivity contribution in [2.24, 2.45) is 5.73 Å². The standard InChI is InChI=1S/C7H15N3O2S2/c8-7(13)3-4-9-14(11,12)10-5-1-2-6-10/h9H,1-6H2,(H2,8,13). The molecule has 0 unspecified atom stereocenters. The molecule has 1 rings (SSSR count). The summed E-state index contributed by atoms with van der Waals surface area (Å²) in [5, 5.41) is 0. The average molecular weight is 237 g/mol. The minimum absolute atomic E-state index is 0.286. The van der Waals surface area contributed by atoms with E-state index in [4.69, 9.17) is 5.73 Å². The Hall–Kier alpha value is -0.240. The van der Waals surface area contributed by atoms with Crippen molar-refractivity contribution < 1.29 is 8.42 Å². The van der Waals surface area contributed by atoms with E-state index in [1.165, 1.54) is 4.31 Å². The molecule has 0 aromatic rings. The van der Waals surface area contributed by atoms with Crippen molar-refractivity contribution in [2.75, 3.05) is 19.6 Å². The van der Waals surface area contributed by atoms with Crippen molar-refractivity contribution in [1.29, 1.82) is 0 Å². The molecule has 0 radical (unpaired) electrons. The summed E-state index contributed by atoms with van der Waals surface area (Å²) < 4.78 is 27.0. The second-order valence-electron chi connectivity index (χ2n) is 3.22. The fraction of sp³-hybridized carbons (Fsp3) is 0.857. The molecule has 82 valence electrons. The predicted octanol–water partition coefficient (Wildman–Crippen LogP) is -0.407. The number of nitrogens with two attached hydrogens (primary N) is 1. The van der Waals surface area contributed by atoms with E-state index >= 15 is 0 Å². The summed E-state index contributed by atoms with van der Waals surface area (Å²) in [5.74, 6) is 0. The van der Waals surface area contributed by atoms with Crippen molar-refractivity contribution >= 4 is 27.4 Å². The normalized spacial score (nSPS) is 18.6. The number of hydrogen-bond acceptors (Lipinski definition) is 3. The Labute approximate surface area is 89.8 Å². The number of nitrogens with one attached hydrogen (secondary N) is 1. The zero-order chi connectivity index (χ0) is 10.6. The van der Waals surface area contributed by atoms with Gasteiger partial charge in [0.1, 0.15) is 0 Å². The monoisotopic (exact) mass is 237 g/mol. The van der Waals surface area contributed by atoms with Crippen LogP contribution in [0.5, 0.6) is 0 Å². The van der Waals surface area contributed by atoms with Gasteiger partial charge in [-0.1, -0.05) is 12.2 Å². The van der Waals surface area contributed by atoms with Crippen LogP contribution in [0.4, 0.5) is 0 Å². The summed E-state index contributed by atoms with van der Waals surface area (Å²) in [6.07, 6.45) is 2.29. The van der Waals surface area contributed by atoms with Crippen molar-refractivity contribution in [2.45, 2.75) is 19.3 Å². The molecule has 1 saturated heterocycles. The van der Waals surface area contributed by atoms with Crippen LogP contribution in [0.2, 0.25) is 0 Å². The van der Waals surface area contributed by atoms with Crippen molar-refractivity contribution in [3.63, 3.8) is 0 Å². The smallest absolute Gasteiger partial charge is 0.279 e. The molecule has 0 saturated carbocycles. The van der Waals surface area contributed by atoms with Gasteiger partial charge in [-0.2, -0.15) is 12.7 Å². The van der Waals surface area contributed by atoms with E-state index < -0.39 is 10.2 Å². The largest absolute Gasteiger partial charge is 0.393 e. The molecule has 0 aromatic heterocycles. The third-order valence-electron chi connectivity index (χ3n) is 2.06. The van der Waals surface area contributed by atoms with Crippen molar-refractivity contribution in [1.82, 2.24) is 9.03 Å². The van der Waals surface area contributed by atoms with Crippen molar-refractivity contribution in [3.05, 3.63) is 0 Å². The maximum absolute atomic E-state index is 11.5. The van der Waals surface area contributed by atoms with E-state index in [0.29, 0.717) is 24.5 Å². The lowest BCUT2D eigenvalue weighted by atomic mass is 10.4. The molecule has 5 nitrogen and oxygen atoms in total. The zero-order valence-electron chi connectivity index (χ0n) is 7.90. The molecule has 0 aromatic carbocycles. The number of rotatable bonds is 5. The average Bonchev–Trinajstić information content (AvgIpc) is 2.54. The van der Waals surface area contributed by atoms with Crippen LogP contribution in [0.15, 0.2) is 0 Å². The lowest BCUT2D eigenvalue weighted by Crippen LogP contribution is -2.39. The SMILES string of the molecule is NC(=S)CCNS(=O)(=O)N1CCCC1. The van der Waals surface area contributed by atoms with Gasteiger partial charge >= 0.3 is 0 Å². The highest BCUT2D eigenvalue weighted by Gasteiger charge is 2.24. The van der Waals surface area contributed by atoms with E-state index in [2.05, 4.69) is 16.9 Å². The fourth-order valence-electron chi connectivity index (χ4n) is 1.32. The second-order valence-corrected chi connectivity index (χ2v) is 5.50. The van der Waals surface area contributed by atoms with Crippen LogP contribution in [0.3, 0.4) is 0 Å². The van der Waals surface area contributed by atoms with Crippen LogP contribution in [0, 0.1) is 0 Å². The minimum Gasteiger partial charge on any atom is -0.393 e. The molecule has 0 spiro atoms. The Bertz CT molecular complexity index is 296. The highest BCUT2D eigenvalue weighted by molar-refractivity contribution is 7.87. The Balaban J connectivity index is 2.37. The van der Waals surface area contributed by atoms with Crippen LogP contribution >= 0.6 is 12.2 Å². The molecular weight excluding hydrogens is 222 g/mol. The molecule has 14 heavy (non-hydrogen) atoms. The molecule has 7 heteroatoms. The number of thiocarbonyl (C=S) groups is 1. The quantitative estimate of drug-likeness (QED) is 0.638. The van der Waals surface area contributed by atoms with E-state index in [-0.39, 0.29) is 6.54 Å². The highest BCUT2D eigenvalue weighted by Crippen LogP contribution is 2.10. The molecule has 3 N–H and O–H groups in total. The summed E-state index contributed by atoms with van der Waals surface area (Å²) in [6, 6.07) is 0. The van der Waals surface area contributed by atoms with Crippen LogP contribution in [-0.2, 0) is 10.2 Å². The Kier molecular flexibility index (Phi) is 4.24. The first-order chi connectivity index (χ1) is 6.52.